The van der Waals surface area contributed by atoms with Crippen LogP contribution in [0.15, 0.2) is 35.5 Å². The number of carbonyl (C=O) groups is 2. The SMILES string of the molecule is CCCCCC/C=C/C1(O[Si](C)(C)C(C)(C)C)C=C(C(F)(F)F)C(=O)/C1=C/CCCCCC(=O)OCC. The molecule has 1 atom stereocenters. The molecule has 0 aromatic carbocycles. The number of ketones is 1. The first-order chi connectivity index (χ1) is 17.1. The molecule has 37 heavy (non-hydrogen) atoms. The van der Waals surface area contributed by atoms with Gasteiger partial charge in [-0.1, -0.05) is 65.5 Å². The van der Waals surface area contributed by atoms with Crippen LogP contribution in [0.5, 0.6) is 0 Å². The molecule has 0 aromatic rings. The molecule has 0 aromatic heterocycles. The summed E-state index contributed by atoms with van der Waals surface area (Å²) in [5.41, 5.74) is -2.63. The van der Waals surface area contributed by atoms with Gasteiger partial charge >= 0.3 is 12.1 Å². The van der Waals surface area contributed by atoms with Crippen molar-refractivity contribution in [2.24, 2.45) is 0 Å². The van der Waals surface area contributed by atoms with Gasteiger partial charge in [-0.05, 0) is 69.3 Å². The molecule has 0 fully saturated rings. The van der Waals surface area contributed by atoms with Gasteiger partial charge in [-0.25, -0.2) is 0 Å². The van der Waals surface area contributed by atoms with Gasteiger partial charge in [-0.3, -0.25) is 9.59 Å². The van der Waals surface area contributed by atoms with Crippen LogP contribution in [0.3, 0.4) is 0 Å². The molecule has 212 valence electrons. The van der Waals surface area contributed by atoms with Crippen molar-refractivity contribution in [1.29, 1.82) is 0 Å². The molecule has 8 heteroatoms. The van der Waals surface area contributed by atoms with Gasteiger partial charge in [0, 0.05) is 12.0 Å². The number of hydrogen-bond donors (Lipinski definition) is 0. The lowest BCUT2D eigenvalue weighted by Gasteiger charge is -2.43. The largest absolute Gasteiger partial charge is 0.466 e. The Kier molecular flexibility index (Phi) is 13.0. The van der Waals surface area contributed by atoms with E-state index in [-0.39, 0.29) is 16.6 Å². The van der Waals surface area contributed by atoms with Gasteiger partial charge < -0.3 is 9.16 Å². The van der Waals surface area contributed by atoms with Crippen LogP contribution in [0.25, 0.3) is 0 Å². The zero-order valence-electron chi connectivity index (χ0n) is 23.9. The molecule has 0 N–H and O–H groups in total. The maximum atomic E-state index is 13.9. The number of Topliss-reactive ketones (excluding diaryl/α,β-unsaturated/α-hetero) is 1. The molecule has 0 radical (unpaired) electrons. The van der Waals surface area contributed by atoms with Crippen molar-refractivity contribution in [3.8, 4) is 0 Å². The van der Waals surface area contributed by atoms with Gasteiger partial charge in [0.05, 0.1) is 6.61 Å². The highest BCUT2D eigenvalue weighted by Gasteiger charge is 2.54. The number of esters is 1. The number of carbonyl (C=O) groups excluding carboxylic acids is 2. The molecular weight excluding hydrogens is 497 g/mol. The van der Waals surface area contributed by atoms with Crippen molar-refractivity contribution in [2.45, 2.75) is 129 Å². The zero-order chi connectivity index (χ0) is 28.3. The predicted octanol–water partition coefficient (Wildman–Crippen LogP) is 8.79. The van der Waals surface area contributed by atoms with Gasteiger partial charge in [0.25, 0.3) is 0 Å². The van der Waals surface area contributed by atoms with Crippen LogP contribution in [-0.4, -0.2) is 38.5 Å². The maximum Gasteiger partial charge on any atom is 0.419 e. The summed E-state index contributed by atoms with van der Waals surface area (Å²) in [5.74, 6) is -1.26. The van der Waals surface area contributed by atoms with E-state index in [2.05, 4.69) is 6.92 Å². The highest BCUT2D eigenvalue weighted by Crippen LogP contribution is 2.47. The molecule has 0 spiro atoms. The number of halogens is 3. The Morgan fingerprint density at radius 1 is 1.00 bits per heavy atom. The summed E-state index contributed by atoms with van der Waals surface area (Å²) >= 11 is 0. The highest BCUT2D eigenvalue weighted by atomic mass is 28.4. The van der Waals surface area contributed by atoms with Crippen LogP contribution >= 0.6 is 0 Å². The van der Waals surface area contributed by atoms with E-state index in [0.29, 0.717) is 45.1 Å². The van der Waals surface area contributed by atoms with Crippen LogP contribution in [0.1, 0.15) is 98.8 Å². The standard InChI is InChI=1S/C29H47F3O4Si/c1-8-10-11-12-15-18-21-28(36-37(6,7)27(3,4)5)22-24(29(30,31)32)26(34)23(28)19-16-13-14-17-20-25(33)35-9-2/h18-19,21-22H,8-17,20H2,1-7H3/b21-18+,23-19-. The van der Waals surface area contributed by atoms with Crippen LogP contribution in [-0.2, 0) is 18.8 Å². The Labute approximate surface area is 222 Å². The van der Waals surface area contributed by atoms with Crippen LogP contribution in [0, 0.1) is 0 Å². The average molecular weight is 545 g/mol. The summed E-state index contributed by atoms with van der Waals surface area (Å²) in [6, 6.07) is 0. The van der Waals surface area contributed by atoms with E-state index in [0.717, 1.165) is 31.8 Å². The van der Waals surface area contributed by atoms with Crippen molar-refractivity contribution in [3.63, 3.8) is 0 Å². The second kappa shape index (κ2) is 14.5. The number of unbranched alkanes of at least 4 members (excludes halogenated alkanes) is 7. The van der Waals surface area contributed by atoms with Crippen molar-refractivity contribution in [3.05, 3.63) is 35.5 Å². The lowest BCUT2D eigenvalue weighted by molar-refractivity contribution is -0.143. The van der Waals surface area contributed by atoms with E-state index in [1.54, 1.807) is 19.1 Å². The fourth-order valence-corrected chi connectivity index (χ4v) is 5.38. The fraction of sp³-hybridized carbons (Fsp3) is 0.724. The normalized spacial score (nSPS) is 20.2. The predicted molar refractivity (Wildman–Crippen MR) is 146 cm³/mol. The van der Waals surface area contributed by atoms with Crippen molar-refractivity contribution >= 4 is 20.1 Å². The van der Waals surface area contributed by atoms with E-state index in [1.165, 1.54) is 0 Å². The van der Waals surface area contributed by atoms with Crippen molar-refractivity contribution < 1.29 is 31.9 Å². The maximum absolute atomic E-state index is 13.9. The third-order valence-electron chi connectivity index (χ3n) is 7.13. The van der Waals surface area contributed by atoms with Crippen LogP contribution in [0.4, 0.5) is 13.2 Å². The summed E-state index contributed by atoms with van der Waals surface area (Å²) in [7, 11) is -2.57. The lowest BCUT2D eigenvalue weighted by Crippen LogP contribution is -2.48. The summed E-state index contributed by atoms with van der Waals surface area (Å²) in [4.78, 5) is 24.7. The highest BCUT2D eigenvalue weighted by molar-refractivity contribution is 6.74. The molecule has 4 nitrogen and oxygen atoms in total. The number of hydrogen-bond acceptors (Lipinski definition) is 4. The first-order valence-corrected chi connectivity index (χ1v) is 16.6. The second-order valence-electron chi connectivity index (χ2n) is 11.3. The summed E-state index contributed by atoms with van der Waals surface area (Å²) in [5, 5.41) is -0.259. The van der Waals surface area contributed by atoms with Crippen molar-refractivity contribution in [2.75, 3.05) is 6.61 Å². The van der Waals surface area contributed by atoms with Crippen LogP contribution < -0.4 is 0 Å². The van der Waals surface area contributed by atoms with Crippen LogP contribution in [0.2, 0.25) is 18.1 Å². The van der Waals surface area contributed by atoms with Crippen molar-refractivity contribution in [1.82, 2.24) is 0 Å². The molecule has 0 saturated heterocycles. The molecule has 0 aliphatic heterocycles. The first kappa shape index (κ1) is 33.4. The number of ether oxygens (including phenoxy) is 1. The molecule has 0 amide bonds. The van der Waals surface area contributed by atoms with Gasteiger partial charge in [-0.15, -0.1) is 0 Å². The number of alkyl halides is 3. The minimum Gasteiger partial charge on any atom is -0.466 e. The van der Waals surface area contributed by atoms with E-state index in [9.17, 15) is 22.8 Å². The van der Waals surface area contributed by atoms with E-state index in [4.69, 9.17) is 9.16 Å². The Balaban J connectivity index is 3.29. The quantitative estimate of drug-likeness (QED) is 0.0680. The molecule has 0 saturated carbocycles. The Morgan fingerprint density at radius 3 is 2.19 bits per heavy atom. The Hall–Kier alpha value is -1.67. The number of allylic oxidation sites excluding steroid dienone is 3. The summed E-state index contributed by atoms with van der Waals surface area (Å²) in [6.45, 7) is 14.3. The number of rotatable bonds is 15. The molecular formula is C29H47F3O4Si. The smallest absolute Gasteiger partial charge is 0.419 e. The summed E-state index contributed by atoms with van der Waals surface area (Å²) in [6.07, 6.45) is 9.05. The second-order valence-corrected chi connectivity index (χ2v) is 16.0. The molecule has 0 heterocycles. The Morgan fingerprint density at radius 2 is 1.62 bits per heavy atom. The third-order valence-corrected chi connectivity index (χ3v) is 11.6. The average Bonchev–Trinajstić information content (AvgIpc) is 3.04. The molecule has 1 aliphatic carbocycles. The summed E-state index contributed by atoms with van der Waals surface area (Å²) < 4.78 is 53.3. The van der Waals surface area contributed by atoms with Gasteiger partial charge in [-0.2, -0.15) is 13.2 Å². The third kappa shape index (κ3) is 10.2. The molecule has 1 aliphatic rings. The van der Waals surface area contributed by atoms with Gasteiger partial charge in [0.15, 0.2) is 14.1 Å². The first-order valence-electron chi connectivity index (χ1n) is 13.7. The van der Waals surface area contributed by atoms with E-state index in [1.807, 2.05) is 39.9 Å². The molecule has 0 bridgehead atoms. The van der Waals surface area contributed by atoms with E-state index < -0.39 is 31.5 Å². The molecule has 1 rings (SSSR count). The monoisotopic (exact) mass is 544 g/mol. The fourth-order valence-electron chi connectivity index (χ4n) is 3.99. The van der Waals surface area contributed by atoms with Gasteiger partial charge in [0.1, 0.15) is 11.2 Å². The minimum atomic E-state index is -4.76. The molecule has 1 unspecified atom stereocenters. The minimum absolute atomic E-state index is 0.0554. The zero-order valence-corrected chi connectivity index (χ0v) is 24.9. The Bertz CT molecular complexity index is 850. The van der Waals surface area contributed by atoms with E-state index >= 15 is 0 Å². The lowest BCUT2D eigenvalue weighted by atomic mass is 9.93. The topological polar surface area (TPSA) is 52.6 Å². The van der Waals surface area contributed by atoms with Gasteiger partial charge in [0.2, 0.25) is 0 Å².